The Hall–Kier alpha value is -1.61. The summed E-state index contributed by atoms with van der Waals surface area (Å²) in [5, 5.41) is 0. The smallest absolute Gasteiger partial charge is 0.139 e. The standard InChI is InChI=1S/C15H13BrN2/c1-9-7-10(2)14-13(8-9)17-15(18-14)11-5-3-4-6-12(11)16/h3-8H,1-2H3,(H,17,18). The van der Waals surface area contributed by atoms with Gasteiger partial charge in [-0.1, -0.05) is 40.2 Å². The number of aryl methyl sites for hydroxylation is 2. The summed E-state index contributed by atoms with van der Waals surface area (Å²) in [5.41, 5.74) is 5.69. The zero-order valence-corrected chi connectivity index (χ0v) is 11.9. The molecule has 3 rings (SSSR count). The highest BCUT2D eigenvalue weighted by Gasteiger charge is 2.09. The fourth-order valence-corrected chi connectivity index (χ4v) is 2.72. The zero-order valence-electron chi connectivity index (χ0n) is 10.3. The molecular weight excluding hydrogens is 288 g/mol. The lowest BCUT2D eigenvalue weighted by Crippen LogP contribution is -1.81. The summed E-state index contributed by atoms with van der Waals surface area (Å²) >= 11 is 3.56. The molecule has 1 N–H and O–H groups in total. The summed E-state index contributed by atoms with van der Waals surface area (Å²) in [6.07, 6.45) is 0. The molecule has 0 bridgehead atoms. The van der Waals surface area contributed by atoms with Crippen molar-refractivity contribution in [3.8, 4) is 11.4 Å². The van der Waals surface area contributed by atoms with Gasteiger partial charge in [0.15, 0.2) is 0 Å². The van der Waals surface area contributed by atoms with Gasteiger partial charge in [-0.25, -0.2) is 4.98 Å². The van der Waals surface area contributed by atoms with E-state index < -0.39 is 0 Å². The SMILES string of the molecule is Cc1cc(C)c2nc(-c3ccccc3Br)[nH]c2c1. The molecule has 0 saturated carbocycles. The van der Waals surface area contributed by atoms with Crippen molar-refractivity contribution in [1.29, 1.82) is 0 Å². The van der Waals surface area contributed by atoms with Crippen molar-refractivity contribution in [3.05, 3.63) is 52.0 Å². The maximum Gasteiger partial charge on any atom is 0.139 e. The molecule has 1 aromatic heterocycles. The number of aromatic amines is 1. The highest BCUT2D eigenvalue weighted by molar-refractivity contribution is 9.10. The van der Waals surface area contributed by atoms with Gasteiger partial charge in [0.2, 0.25) is 0 Å². The molecule has 3 aromatic rings. The number of hydrogen-bond acceptors (Lipinski definition) is 1. The molecule has 0 aliphatic rings. The maximum absolute atomic E-state index is 4.70. The number of benzene rings is 2. The van der Waals surface area contributed by atoms with Crippen molar-refractivity contribution >= 4 is 27.0 Å². The quantitative estimate of drug-likeness (QED) is 0.698. The van der Waals surface area contributed by atoms with Crippen molar-refractivity contribution in [2.24, 2.45) is 0 Å². The van der Waals surface area contributed by atoms with Crippen LogP contribution >= 0.6 is 15.9 Å². The number of hydrogen-bond donors (Lipinski definition) is 1. The molecule has 0 amide bonds. The van der Waals surface area contributed by atoms with E-state index in [2.05, 4.69) is 53.0 Å². The van der Waals surface area contributed by atoms with Gasteiger partial charge in [-0.05, 0) is 37.1 Å². The Morgan fingerprint density at radius 1 is 1.11 bits per heavy atom. The Bertz CT molecular complexity index is 728. The molecule has 90 valence electrons. The van der Waals surface area contributed by atoms with Crippen LogP contribution in [0.25, 0.3) is 22.4 Å². The van der Waals surface area contributed by atoms with Crippen LogP contribution in [-0.4, -0.2) is 9.97 Å². The molecule has 0 atom stereocenters. The van der Waals surface area contributed by atoms with E-state index in [1.165, 1.54) is 11.1 Å². The van der Waals surface area contributed by atoms with Gasteiger partial charge in [0.25, 0.3) is 0 Å². The van der Waals surface area contributed by atoms with E-state index >= 15 is 0 Å². The van der Waals surface area contributed by atoms with Gasteiger partial charge < -0.3 is 4.98 Å². The Labute approximate surface area is 114 Å². The summed E-state index contributed by atoms with van der Waals surface area (Å²) in [7, 11) is 0. The molecule has 0 spiro atoms. The summed E-state index contributed by atoms with van der Waals surface area (Å²) in [6, 6.07) is 12.4. The average Bonchev–Trinajstić information content (AvgIpc) is 2.73. The van der Waals surface area contributed by atoms with Crippen LogP contribution in [0, 0.1) is 13.8 Å². The molecule has 18 heavy (non-hydrogen) atoms. The normalized spacial score (nSPS) is 11.1. The molecule has 0 aliphatic carbocycles. The summed E-state index contributed by atoms with van der Waals surface area (Å²) in [5.74, 6) is 0.908. The average molecular weight is 301 g/mol. The minimum absolute atomic E-state index is 0.908. The monoisotopic (exact) mass is 300 g/mol. The summed E-state index contributed by atoms with van der Waals surface area (Å²) in [6.45, 7) is 4.20. The molecule has 1 heterocycles. The molecule has 0 saturated heterocycles. The second-order valence-corrected chi connectivity index (χ2v) is 5.40. The molecule has 2 aromatic carbocycles. The maximum atomic E-state index is 4.70. The number of rotatable bonds is 1. The van der Waals surface area contributed by atoms with Crippen LogP contribution in [0.2, 0.25) is 0 Å². The van der Waals surface area contributed by atoms with Gasteiger partial charge >= 0.3 is 0 Å². The van der Waals surface area contributed by atoms with E-state index in [1.54, 1.807) is 0 Å². The third-order valence-corrected chi connectivity index (χ3v) is 3.74. The lowest BCUT2D eigenvalue weighted by atomic mass is 10.1. The highest BCUT2D eigenvalue weighted by atomic mass is 79.9. The lowest BCUT2D eigenvalue weighted by Gasteiger charge is -1.98. The fraction of sp³-hybridized carbons (Fsp3) is 0.133. The Kier molecular flexibility index (Phi) is 2.71. The van der Waals surface area contributed by atoms with Crippen molar-refractivity contribution in [2.45, 2.75) is 13.8 Å². The van der Waals surface area contributed by atoms with E-state index in [0.717, 1.165) is 26.9 Å². The molecule has 3 heteroatoms. The van der Waals surface area contributed by atoms with E-state index in [1.807, 2.05) is 18.2 Å². The van der Waals surface area contributed by atoms with Crippen LogP contribution in [0.4, 0.5) is 0 Å². The Morgan fingerprint density at radius 3 is 2.67 bits per heavy atom. The third kappa shape index (κ3) is 1.85. The lowest BCUT2D eigenvalue weighted by molar-refractivity contribution is 1.32. The van der Waals surface area contributed by atoms with Gasteiger partial charge in [0, 0.05) is 10.0 Å². The van der Waals surface area contributed by atoms with E-state index in [9.17, 15) is 0 Å². The number of nitrogens with zero attached hydrogens (tertiary/aromatic N) is 1. The van der Waals surface area contributed by atoms with E-state index in [-0.39, 0.29) is 0 Å². The number of aromatic nitrogens is 2. The molecule has 0 radical (unpaired) electrons. The fourth-order valence-electron chi connectivity index (χ4n) is 2.25. The molecule has 2 nitrogen and oxygen atoms in total. The number of H-pyrrole nitrogens is 1. The largest absolute Gasteiger partial charge is 0.338 e. The number of halogens is 1. The number of imidazole rings is 1. The van der Waals surface area contributed by atoms with Gasteiger partial charge in [-0.3, -0.25) is 0 Å². The first-order valence-electron chi connectivity index (χ1n) is 5.87. The zero-order chi connectivity index (χ0) is 12.7. The Morgan fingerprint density at radius 2 is 1.89 bits per heavy atom. The first-order valence-corrected chi connectivity index (χ1v) is 6.66. The first kappa shape index (κ1) is 11.5. The Balaban J connectivity index is 2.26. The van der Waals surface area contributed by atoms with Crippen molar-refractivity contribution < 1.29 is 0 Å². The van der Waals surface area contributed by atoms with Crippen LogP contribution in [0.15, 0.2) is 40.9 Å². The van der Waals surface area contributed by atoms with Crippen LogP contribution in [0.5, 0.6) is 0 Å². The predicted molar refractivity (Wildman–Crippen MR) is 78.7 cm³/mol. The number of fused-ring (bicyclic) bond motifs is 1. The van der Waals surface area contributed by atoms with Gasteiger partial charge in [-0.15, -0.1) is 0 Å². The molecule has 0 aliphatic heterocycles. The van der Waals surface area contributed by atoms with Crippen molar-refractivity contribution in [2.75, 3.05) is 0 Å². The highest BCUT2D eigenvalue weighted by Crippen LogP contribution is 2.28. The first-order chi connectivity index (χ1) is 8.65. The molecule has 0 unspecified atom stereocenters. The third-order valence-electron chi connectivity index (χ3n) is 3.05. The minimum Gasteiger partial charge on any atom is -0.338 e. The van der Waals surface area contributed by atoms with Crippen molar-refractivity contribution in [1.82, 2.24) is 9.97 Å². The molecule has 0 fully saturated rings. The summed E-state index contributed by atoms with van der Waals surface area (Å²) < 4.78 is 1.05. The minimum atomic E-state index is 0.908. The van der Waals surface area contributed by atoms with Gasteiger partial charge in [0.1, 0.15) is 5.82 Å². The van der Waals surface area contributed by atoms with Crippen LogP contribution < -0.4 is 0 Å². The second kappa shape index (κ2) is 4.25. The topological polar surface area (TPSA) is 28.7 Å². The molecular formula is C15H13BrN2. The predicted octanol–water partition coefficient (Wildman–Crippen LogP) is 4.61. The van der Waals surface area contributed by atoms with Crippen molar-refractivity contribution in [3.63, 3.8) is 0 Å². The van der Waals surface area contributed by atoms with Crippen LogP contribution in [-0.2, 0) is 0 Å². The van der Waals surface area contributed by atoms with Crippen LogP contribution in [0.3, 0.4) is 0 Å². The van der Waals surface area contributed by atoms with E-state index in [0.29, 0.717) is 0 Å². The second-order valence-electron chi connectivity index (χ2n) is 4.54. The summed E-state index contributed by atoms with van der Waals surface area (Å²) in [4.78, 5) is 8.09. The van der Waals surface area contributed by atoms with Crippen LogP contribution in [0.1, 0.15) is 11.1 Å². The van der Waals surface area contributed by atoms with Gasteiger partial charge in [0.05, 0.1) is 11.0 Å². The van der Waals surface area contributed by atoms with E-state index in [4.69, 9.17) is 4.98 Å². The number of nitrogens with one attached hydrogen (secondary N) is 1. The van der Waals surface area contributed by atoms with Gasteiger partial charge in [-0.2, -0.15) is 0 Å².